The highest BCUT2D eigenvalue weighted by Gasteiger charge is 2.15. The van der Waals surface area contributed by atoms with Gasteiger partial charge in [-0.1, -0.05) is 0 Å². The van der Waals surface area contributed by atoms with E-state index in [1.54, 1.807) is 13.8 Å². The van der Waals surface area contributed by atoms with Crippen molar-refractivity contribution >= 4 is 0 Å². The quantitative estimate of drug-likeness (QED) is 0.854. The van der Waals surface area contributed by atoms with E-state index in [4.69, 9.17) is 9.47 Å². The van der Waals surface area contributed by atoms with Gasteiger partial charge in [-0.05, 0) is 44.0 Å². The topological polar surface area (TPSA) is 50.7 Å². The van der Waals surface area contributed by atoms with Crippen LogP contribution in [0.1, 0.15) is 25.0 Å². The summed E-state index contributed by atoms with van der Waals surface area (Å²) < 4.78 is 11.1. The van der Waals surface area contributed by atoms with Crippen molar-refractivity contribution in [1.82, 2.24) is 5.32 Å². The first-order valence-corrected chi connectivity index (χ1v) is 6.28. The Balaban J connectivity index is 2.04. The molecule has 0 unspecified atom stereocenters. The van der Waals surface area contributed by atoms with E-state index in [0.717, 1.165) is 11.5 Å². The fourth-order valence-corrected chi connectivity index (χ4v) is 1.93. The largest absolute Gasteiger partial charge is 0.486 e. The van der Waals surface area contributed by atoms with Crippen molar-refractivity contribution in [3.63, 3.8) is 0 Å². The van der Waals surface area contributed by atoms with Crippen LogP contribution in [-0.2, 0) is 6.54 Å². The minimum absolute atomic E-state index is 0.556. The smallest absolute Gasteiger partial charge is 0.161 e. The van der Waals surface area contributed by atoms with Gasteiger partial charge in [0, 0.05) is 13.1 Å². The number of rotatable bonds is 4. The molecule has 2 N–H and O–H groups in total. The van der Waals surface area contributed by atoms with Gasteiger partial charge in [-0.3, -0.25) is 0 Å². The van der Waals surface area contributed by atoms with Crippen LogP contribution in [-0.4, -0.2) is 30.5 Å². The average Bonchev–Trinajstić information content (AvgIpc) is 2.28. The number of benzene rings is 1. The molecule has 1 aliphatic rings. The maximum Gasteiger partial charge on any atom is 0.161 e. The number of aryl methyl sites for hydroxylation is 1. The summed E-state index contributed by atoms with van der Waals surface area (Å²) in [7, 11) is 0. The van der Waals surface area contributed by atoms with Crippen LogP contribution < -0.4 is 14.8 Å². The summed E-state index contributed by atoms with van der Waals surface area (Å²) in [6.45, 7) is 8.12. The molecule has 100 valence electrons. The van der Waals surface area contributed by atoms with Gasteiger partial charge in [-0.15, -0.1) is 0 Å². The van der Waals surface area contributed by atoms with E-state index in [1.165, 1.54) is 11.1 Å². The third-order valence-electron chi connectivity index (χ3n) is 2.87. The minimum atomic E-state index is -0.693. The average molecular weight is 251 g/mol. The predicted molar refractivity (Wildman–Crippen MR) is 70.2 cm³/mol. The lowest BCUT2D eigenvalue weighted by molar-refractivity contribution is 0.0794. The molecular weight excluding hydrogens is 230 g/mol. The van der Waals surface area contributed by atoms with Gasteiger partial charge in [0.1, 0.15) is 13.2 Å². The predicted octanol–water partition coefficient (Wildman–Crippen LogP) is 1.63. The van der Waals surface area contributed by atoms with Crippen molar-refractivity contribution in [1.29, 1.82) is 0 Å². The fourth-order valence-electron chi connectivity index (χ4n) is 1.93. The molecule has 0 atom stereocenters. The highest BCUT2D eigenvalue weighted by atomic mass is 16.6. The number of aliphatic hydroxyl groups is 1. The zero-order valence-electron chi connectivity index (χ0n) is 11.2. The Morgan fingerprint density at radius 2 is 1.83 bits per heavy atom. The fraction of sp³-hybridized carbons (Fsp3) is 0.571. The van der Waals surface area contributed by atoms with Crippen LogP contribution in [0.25, 0.3) is 0 Å². The van der Waals surface area contributed by atoms with Crippen molar-refractivity contribution in [3.05, 3.63) is 23.3 Å². The Morgan fingerprint density at radius 3 is 2.44 bits per heavy atom. The first kappa shape index (κ1) is 13.2. The molecule has 1 aromatic carbocycles. The number of nitrogens with one attached hydrogen (secondary N) is 1. The molecule has 0 saturated heterocycles. The number of hydrogen-bond acceptors (Lipinski definition) is 4. The van der Waals surface area contributed by atoms with Gasteiger partial charge in [0.05, 0.1) is 5.60 Å². The van der Waals surface area contributed by atoms with E-state index >= 15 is 0 Å². The number of hydrogen-bond donors (Lipinski definition) is 2. The first-order chi connectivity index (χ1) is 8.46. The Hall–Kier alpha value is -1.26. The maximum absolute atomic E-state index is 9.65. The SMILES string of the molecule is Cc1cc2c(cc1CNCC(C)(C)O)OCCO2. The van der Waals surface area contributed by atoms with E-state index in [-0.39, 0.29) is 0 Å². The second-order valence-corrected chi connectivity index (χ2v) is 5.34. The molecule has 0 radical (unpaired) electrons. The van der Waals surface area contributed by atoms with Crippen LogP contribution in [0.2, 0.25) is 0 Å². The van der Waals surface area contributed by atoms with Crippen LogP contribution in [0, 0.1) is 6.92 Å². The van der Waals surface area contributed by atoms with Crippen LogP contribution in [0.15, 0.2) is 12.1 Å². The monoisotopic (exact) mass is 251 g/mol. The second kappa shape index (κ2) is 5.16. The summed E-state index contributed by atoms with van der Waals surface area (Å²) in [5.41, 5.74) is 1.65. The Labute approximate surface area is 108 Å². The summed E-state index contributed by atoms with van der Waals surface area (Å²) in [6.07, 6.45) is 0. The van der Waals surface area contributed by atoms with Gasteiger partial charge in [0.25, 0.3) is 0 Å². The molecule has 18 heavy (non-hydrogen) atoms. The summed E-state index contributed by atoms with van der Waals surface area (Å²) in [5, 5.41) is 12.9. The van der Waals surface area contributed by atoms with Crippen LogP contribution in [0.5, 0.6) is 11.5 Å². The van der Waals surface area contributed by atoms with E-state index in [0.29, 0.717) is 26.3 Å². The summed E-state index contributed by atoms with van der Waals surface area (Å²) in [5.74, 6) is 1.64. The van der Waals surface area contributed by atoms with Gasteiger partial charge in [0.15, 0.2) is 11.5 Å². The Kier molecular flexibility index (Phi) is 3.78. The van der Waals surface area contributed by atoms with Crippen molar-refractivity contribution < 1.29 is 14.6 Å². The zero-order chi connectivity index (χ0) is 13.2. The molecule has 0 aliphatic carbocycles. The molecule has 0 spiro atoms. The van der Waals surface area contributed by atoms with Gasteiger partial charge in [-0.2, -0.15) is 0 Å². The van der Waals surface area contributed by atoms with Crippen LogP contribution in [0.3, 0.4) is 0 Å². The van der Waals surface area contributed by atoms with Crippen LogP contribution in [0.4, 0.5) is 0 Å². The summed E-state index contributed by atoms with van der Waals surface area (Å²) >= 11 is 0. The minimum Gasteiger partial charge on any atom is -0.486 e. The molecule has 2 rings (SSSR count). The van der Waals surface area contributed by atoms with Crippen molar-refractivity contribution in [2.75, 3.05) is 19.8 Å². The number of ether oxygens (including phenoxy) is 2. The van der Waals surface area contributed by atoms with E-state index < -0.39 is 5.60 Å². The van der Waals surface area contributed by atoms with Crippen molar-refractivity contribution in [3.8, 4) is 11.5 Å². The molecule has 4 nitrogen and oxygen atoms in total. The summed E-state index contributed by atoms with van der Waals surface area (Å²) in [4.78, 5) is 0. The van der Waals surface area contributed by atoms with Crippen molar-refractivity contribution in [2.45, 2.75) is 32.9 Å². The highest BCUT2D eigenvalue weighted by molar-refractivity contribution is 5.47. The van der Waals surface area contributed by atoms with Crippen molar-refractivity contribution in [2.24, 2.45) is 0 Å². The molecule has 0 bridgehead atoms. The number of fused-ring (bicyclic) bond motifs is 1. The van der Waals surface area contributed by atoms with Gasteiger partial charge in [0.2, 0.25) is 0 Å². The molecule has 0 fully saturated rings. The molecule has 0 amide bonds. The molecule has 1 aromatic rings. The standard InChI is InChI=1S/C14H21NO3/c1-10-6-12-13(18-5-4-17-12)7-11(10)8-15-9-14(2,3)16/h6-7,15-16H,4-5,8-9H2,1-3H3. The van der Waals surface area contributed by atoms with E-state index in [9.17, 15) is 5.11 Å². The molecular formula is C14H21NO3. The lowest BCUT2D eigenvalue weighted by Crippen LogP contribution is -2.34. The molecule has 1 aliphatic heterocycles. The Bertz CT molecular complexity index is 424. The van der Waals surface area contributed by atoms with Gasteiger partial charge in [-0.25, -0.2) is 0 Å². The van der Waals surface area contributed by atoms with Gasteiger partial charge < -0.3 is 19.9 Å². The molecule has 0 saturated carbocycles. The van der Waals surface area contributed by atoms with Crippen LogP contribution >= 0.6 is 0 Å². The lowest BCUT2D eigenvalue weighted by Gasteiger charge is -2.21. The lowest BCUT2D eigenvalue weighted by atomic mass is 10.1. The van der Waals surface area contributed by atoms with Gasteiger partial charge >= 0.3 is 0 Å². The van der Waals surface area contributed by atoms with E-state index in [1.807, 2.05) is 12.1 Å². The molecule has 0 aromatic heterocycles. The zero-order valence-corrected chi connectivity index (χ0v) is 11.2. The summed E-state index contributed by atoms with van der Waals surface area (Å²) in [6, 6.07) is 4.02. The third kappa shape index (κ3) is 3.37. The third-order valence-corrected chi connectivity index (χ3v) is 2.87. The first-order valence-electron chi connectivity index (χ1n) is 6.28. The van der Waals surface area contributed by atoms with E-state index in [2.05, 4.69) is 12.2 Å². The Morgan fingerprint density at radius 1 is 1.22 bits per heavy atom. The highest BCUT2D eigenvalue weighted by Crippen LogP contribution is 2.32. The molecule has 4 heteroatoms. The normalized spacial score (nSPS) is 14.7. The second-order valence-electron chi connectivity index (χ2n) is 5.34. The maximum atomic E-state index is 9.65. The molecule has 1 heterocycles.